The van der Waals surface area contributed by atoms with Gasteiger partial charge in [0.1, 0.15) is 12.2 Å². The van der Waals surface area contributed by atoms with Gasteiger partial charge in [0.2, 0.25) is 0 Å². The number of carbonyl (C=O) groups is 6. The summed E-state index contributed by atoms with van der Waals surface area (Å²) < 4.78 is 35.5. The van der Waals surface area contributed by atoms with Gasteiger partial charge in [-0.25, -0.2) is 0 Å². The molecule has 2 saturated carbocycles. The van der Waals surface area contributed by atoms with Crippen LogP contribution in [0.15, 0.2) is 0 Å². The molecule has 0 aromatic rings. The van der Waals surface area contributed by atoms with E-state index in [9.17, 15) is 28.8 Å². The summed E-state index contributed by atoms with van der Waals surface area (Å²) in [5.41, 5.74) is 0. The van der Waals surface area contributed by atoms with Crippen LogP contribution in [0.3, 0.4) is 0 Å². The highest BCUT2D eigenvalue weighted by Gasteiger charge is 2.29. The van der Waals surface area contributed by atoms with Crippen molar-refractivity contribution < 1.29 is 57.2 Å². The number of esters is 6. The first kappa shape index (κ1) is 135. The third kappa shape index (κ3) is 85.3. The van der Waals surface area contributed by atoms with Gasteiger partial charge in [0.05, 0.1) is 26.4 Å². The van der Waals surface area contributed by atoms with E-state index in [1.165, 1.54) is 322 Å². The molecule has 0 saturated heterocycles. The third-order valence-corrected chi connectivity index (χ3v) is 32.1. The highest BCUT2D eigenvalue weighted by Crippen LogP contribution is 2.38. The van der Waals surface area contributed by atoms with Crippen molar-refractivity contribution >= 4 is 35.8 Å². The molecule has 0 amide bonds. The van der Waals surface area contributed by atoms with Crippen LogP contribution in [-0.2, 0) is 57.2 Å². The van der Waals surface area contributed by atoms with Crippen LogP contribution in [0.1, 0.15) is 562 Å². The van der Waals surface area contributed by atoms with Crippen LogP contribution in [0.5, 0.6) is 0 Å². The Morgan fingerprint density at radius 3 is 0.894 bits per heavy atom. The van der Waals surface area contributed by atoms with E-state index in [0.29, 0.717) is 100 Å². The Morgan fingerprint density at radius 2 is 0.535 bits per heavy atom. The van der Waals surface area contributed by atoms with Gasteiger partial charge >= 0.3 is 35.8 Å². The number of unbranched alkanes of at least 4 members (excludes halogenated alkanes) is 41. The normalized spacial score (nSPS) is 15.7. The van der Waals surface area contributed by atoms with E-state index in [-0.39, 0.29) is 48.0 Å². The van der Waals surface area contributed by atoms with Crippen LogP contribution < -0.4 is 0 Å². The van der Waals surface area contributed by atoms with Crippen LogP contribution in [0.25, 0.3) is 0 Å². The zero-order valence-electron chi connectivity index (χ0n) is 96.7. The summed E-state index contributed by atoms with van der Waals surface area (Å²) in [6, 6.07) is 0. The molecule has 8 unspecified atom stereocenters. The summed E-state index contributed by atoms with van der Waals surface area (Å²) in [4.78, 5) is 92.0. The molecule has 142 heavy (non-hydrogen) atoms. The quantitative estimate of drug-likeness (QED) is 0.0319. The van der Waals surface area contributed by atoms with E-state index < -0.39 is 0 Å². The van der Waals surface area contributed by atoms with Crippen molar-refractivity contribution in [2.75, 3.05) is 147 Å². The molecule has 2 fully saturated rings. The van der Waals surface area contributed by atoms with Gasteiger partial charge in [-0.2, -0.15) is 0 Å². The molecule has 8 atom stereocenters. The minimum absolute atomic E-state index is 0.00668. The maximum Gasteiger partial charge on any atom is 0.306 e. The zero-order chi connectivity index (χ0) is 103. The average Bonchev–Trinajstić information content (AvgIpc) is 0.874. The van der Waals surface area contributed by atoms with Gasteiger partial charge in [-0.3, -0.25) is 28.8 Å². The molecule has 2 rings (SSSR count). The predicted molar refractivity (Wildman–Crippen MR) is 602 cm³/mol. The molecule has 0 aromatic carbocycles. The largest absolute Gasteiger partial charge is 0.466 e. The van der Waals surface area contributed by atoms with E-state index in [1.54, 1.807) is 0 Å². The monoisotopic (exact) mass is 2010 g/mol. The first-order valence-corrected chi connectivity index (χ1v) is 62.3. The van der Waals surface area contributed by atoms with Crippen molar-refractivity contribution in [3.63, 3.8) is 0 Å². The Balaban J connectivity index is 1.55. The van der Waals surface area contributed by atoms with E-state index in [2.05, 4.69) is 120 Å². The van der Waals surface area contributed by atoms with Crippen LogP contribution >= 0.6 is 0 Å². The van der Waals surface area contributed by atoms with Gasteiger partial charge < -0.3 is 57.8 Å². The third-order valence-electron chi connectivity index (χ3n) is 32.1. The second kappa shape index (κ2) is 98.3. The molecule has 18 nitrogen and oxygen atoms in total. The predicted octanol–water partition coefficient (Wildman–Crippen LogP) is 32.3. The number of rotatable bonds is 106. The lowest BCUT2D eigenvalue weighted by atomic mass is 9.73. The molecule has 0 spiro atoms. The summed E-state index contributed by atoms with van der Waals surface area (Å²) in [5, 5.41) is 0. The van der Waals surface area contributed by atoms with E-state index in [1.807, 2.05) is 0 Å². The molecule has 0 N–H and O–H groups in total. The summed E-state index contributed by atoms with van der Waals surface area (Å²) in [6.45, 7) is 32.1. The van der Waals surface area contributed by atoms with Crippen molar-refractivity contribution in [3.8, 4) is 0 Å². The number of ether oxygens (including phenoxy) is 6. The Morgan fingerprint density at radius 1 is 0.246 bits per heavy atom. The van der Waals surface area contributed by atoms with Crippen molar-refractivity contribution in [2.45, 2.75) is 574 Å². The first-order chi connectivity index (χ1) is 69.2. The molecule has 0 bridgehead atoms. The van der Waals surface area contributed by atoms with Crippen LogP contribution in [-0.4, -0.2) is 225 Å². The topological polar surface area (TPSA) is 177 Å². The summed E-state index contributed by atoms with van der Waals surface area (Å²) in [5.74, 6) is 4.16. The van der Waals surface area contributed by atoms with Gasteiger partial charge in [0, 0.05) is 77.8 Å². The molecule has 0 heterocycles. The summed E-state index contributed by atoms with van der Waals surface area (Å²) in [7, 11) is 13.1. The molecule has 2 aliphatic carbocycles. The van der Waals surface area contributed by atoms with Crippen molar-refractivity contribution in [1.82, 2.24) is 29.4 Å². The second-order valence-corrected chi connectivity index (χ2v) is 46.2. The highest BCUT2D eigenvalue weighted by molar-refractivity contribution is 5.71. The lowest BCUT2D eigenvalue weighted by molar-refractivity contribution is -0.151. The summed E-state index contributed by atoms with van der Waals surface area (Å²) in [6.07, 6.45) is 90.1. The van der Waals surface area contributed by atoms with E-state index >= 15 is 0 Å². The molecular formula is C124H240N6O12. The molecule has 0 aliphatic heterocycles. The van der Waals surface area contributed by atoms with Crippen molar-refractivity contribution in [3.05, 3.63) is 0 Å². The highest BCUT2D eigenvalue weighted by atomic mass is 16.6. The van der Waals surface area contributed by atoms with Crippen molar-refractivity contribution in [2.24, 2.45) is 41.4 Å². The van der Waals surface area contributed by atoms with E-state index in [4.69, 9.17) is 28.4 Å². The molecule has 838 valence electrons. The fourth-order valence-electron chi connectivity index (χ4n) is 21.8. The Labute approximate surface area is 880 Å². The van der Waals surface area contributed by atoms with E-state index in [0.717, 1.165) is 238 Å². The Hall–Kier alpha value is -3.42. The molecule has 2 aliphatic rings. The standard InChI is InChI=1S/C124H240N6O12/c1-14-20-55-78-118(89-85-110(7)116-76-70-75-114(107-116)92-106-138-120(132)80-59-43-31-25-37-49-65-94-128(102-99-125(8)9)93-64-48-36-24-30-42-58-79-119(131)137-105-91-113-73-56-54-57-74-113)142-124(136)84-63-47-35-29-41-53-69-98-130(104-101-127(12)13)97-68-52-40-28-34-46-62-83-123(135)141-117(77-23-17-4)90-88-111(18-5)86-87-115(72-22-16-3)109-140-122(134)82-61-45-33-27-39-51-67-96-129(103-100-126(10)11)95-66-50-38-26-32-44-60-81-121(133)139-108-112(19-6)71-21-15-2/h110-118H,14-109H2,1-13H3. The zero-order valence-corrected chi connectivity index (χ0v) is 96.7. The molecule has 0 aromatic heterocycles. The number of hydrogen-bond acceptors (Lipinski definition) is 18. The van der Waals surface area contributed by atoms with Gasteiger partial charge in [0.25, 0.3) is 0 Å². The molecular weight excluding hydrogens is 1770 g/mol. The molecule has 18 heteroatoms. The SMILES string of the molecule is CCCCCC(CCC(C)C1CCCC(CCOC(=O)CCCCCCCCCN(CCCCCCCCCC(=O)OCCC2CCCCC2)CCN(C)C)C1)OC(=O)CCCCCCCCCN(CCCCCCCCCC(=O)OC(CCCC)CCC(CC)CCC(CCCC)COC(=O)CCCCCCCCCN(CCCCCCCCCC(=O)OCC(CC)CCCC)CCN(C)C)CCN(C)C. The van der Waals surface area contributed by atoms with Gasteiger partial charge in [0.15, 0.2) is 0 Å². The fraction of sp³-hybridized carbons (Fsp3) is 0.952. The number of hydrogen-bond donors (Lipinski definition) is 0. The molecule has 0 radical (unpaired) electrons. The average molecular weight is 2010 g/mol. The lowest BCUT2D eigenvalue weighted by Gasteiger charge is -2.33. The maximum absolute atomic E-state index is 13.3. The number of nitrogens with zero attached hydrogens (tertiary/aromatic N) is 6. The van der Waals surface area contributed by atoms with Gasteiger partial charge in [-0.15, -0.1) is 0 Å². The smallest absolute Gasteiger partial charge is 0.306 e. The minimum atomic E-state index is -0.0204. The Kier molecular flexibility index (Phi) is 93.2. The second-order valence-electron chi connectivity index (χ2n) is 46.2. The summed E-state index contributed by atoms with van der Waals surface area (Å²) >= 11 is 0. The van der Waals surface area contributed by atoms with Crippen molar-refractivity contribution in [1.29, 1.82) is 0 Å². The fourth-order valence-corrected chi connectivity index (χ4v) is 21.8. The lowest BCUT2D eigenvalue weighted by Crippen LogP contribution is -2.33. The number of carbonyl (C=O) groups excluding carboxylic acids is 6. The Bertz CT molecular complexity index is 2810. The number of likely N-dealkylation sites (N-methyl/N-ethyl adjacent to an activating group) is 3. The van der Waals surface area contributed by atoms with Crippen LogP contribution in [0.4, 0.5) is 0 Å². The maximum atomic E-state index is 13.3. The first-order valence-electron chi connectivity index (χ1n) is 62.3. The van der Waals surface area contributed by atoms with Crippen LogP contribution in [0, 0.1) is 41.4 Å². The van der Waals surface area contributed by atoms with Crippen LogP contribution in [0.2, 0.25) is 0 Å². The minimum Gasteiger partial charge on any atom is -0.466 e. The van der Waals surface area contributed by atoms with Gasteiger partial charge in [-0.05, 0) is 284 Å². The van der Waals surface area contributed by atoms with Gasteiger partial charge in [-0.1, -0.05) is 363 Å².